The van der Waals surface area contributed by atoms with Crippen molar-refractivity contribution in [3.8, 4) is 17.4 Å². The lowest BCUT2D eigenvalue weighted by Gasteiger charge is -2.15. The zero-order chi connectivity index (χ0) is 24.1. The molecule has 0 unspecified atom stereocenters. The molecule has 14 heteroatoms. The number of nitrogens with zero attached hydrogens (tertiary/aromatic N) is 3. The Balaban J connectivity index is 2.23. The number of carbonyl (C=O) groups is 1. The number of ether oxygens (including phenoxy) is 4. The van der Waals surface area contributed by atoms with Crippen LogP contribution in [0.2, 0.25) is 5.02 Å². The van der Waals surface area contributed by atoms with Crippen LogP contribution >= 0.6 is 11.6 Å². The van der Waals surface area contributed by atoms with E-state index in [-0.39, 0.29) is 24.7 Å². The van der Waals surface area contributed by atoms with Crippen molar-refractivity contribution in [2.75, 3.05) is 19.8 Å². The largest absolute Gasteiger partial charge is 0.472 e. The Kier molecular flexibility index (Phi) is 8.27. The first kappa shape index (κ1) is 25.2. The third kappa shape index (κ3) is 6.23. The van der Waals surface area contributed by atoms with Crippen LogP contribution in [0.4, 0.5) is 18.9 Å². The highest BCUT2D eigenvalue weighted by molar-refractivity contribution is 6.32. The molecule has 0 fully saturated rings. The maximum absolute atomic E-state index is 13.1. The number of hydrogen-bond donors (Lipinski definition) is 0. The standard InChI is InChI=1S/C18H19ClF3N3O7/c1-4-29-7-8-30-17(26)10(2)31-13-9-11(5-6-12(13)25(27)28)32-16-14(19)15(18(20,21)22)24(3)23-16/h5-6,9-10H,4,7-8H2,1-3H3/t10-/m1/s1. The SMILES string of the molecule is CCOCCOC(=O)[C@@H](C)Oc1cc(Oc2nn(C)c(C(F)(F)F)c2Cl)ccc1[N+](=O)[O-]. The highest BCUT2D eigenvalue weighted by atomic mass is 35.5. The molecule has 0 aliphatic rings. The minimum absolute atomic E-state index is 0.0364. The van der Waals surface area contributed by atoms with Gasteiger partial charge in [0.25, 0.3) is 5.88 Å². The number of rotatable bonds is 10. The zero-order valence-corrected chi connectivity index (χ0v) is 17.9. The fourth-order valence-corrected chi connectivity index (χ4v) is 2.77. The average Bonchev–Trinajstić information content (AvgIpc) is 2.98. The molecule has 1 aromatic heterocycles. The predicted molar refractivity (Wildman–Crippen MR) is 104 cm³/mol. The Morgan fingerprint density at radius 2 is 2.03 bits per heavy atom. The summed E-state index contributed by atoms with van der Waals surface area (Å²) in [6.07, 6.45) is -6.01. The maximum atomic E-state index is 13.1. The van der Waals surface area contributed by atoms with Crippen molar-refractivity contribution in [3.05, 3.63) is 39.0 Å². The van der Waals surface area contributed by atoms with E-state index in [0.717, 1.165) is 25.2 Å². The summed E-state index contributed by atoms with van der Waals surface area (Å²) in [6.45, 7) is 3.65. The lowest BCUT2D eigenvalue weighted by atomic mass is 10.2. The topological polar surface area (TPSA) is 115 Å². The number of nitro benzene ring substituents is 1. The molecule has 10 nitrogen and oxygen atoms in total. The number of hydrogen-bond acceptors (Lipinski definition) is 8. The van der Waals surface area contributed by atoms with Gasteiger partial charge in [-0.1, -0.05) is 11.6 Å². The van der Waals surface area contributed by atoms with E-state index in [1.54, 1.807) is 6.92 Å². The number of aryl methyl sites for hydroxylation is 1. The molecule has 0 spiro atoms. The van der Waals surface area contributed by atoms with Crippen molar-refractivity contribution in [1.82, 2.24) is 9.78 Å². The lowest BCUT2D eigenvalue weighted by Crippen LogP contribution is -2.27. The number of aromatic nitrogens is 2. The summed E-state index contributed by atoms with van der Waals surface area (Å²) in [5.74, 6) is -1.89. The Hall–Kier alpha value is -3.06. The average molecular weight is 482 g/mol. The second kappa shape index (κ2) is 10.5. The molecule has 0 aliphatic heterocycles. The minimum Gasteiger partial charge on any atom is -0.472 e. The maximum Gasteiger partial charge on any atom is 0.434 e. The van der Waals surface area contributed by atoms with Crippen molar-refractivity contribution >= 4 is 23.3 Å². The summed E-state index contributed by atoms with van der Waals surface area (Å²) in [7, 11) is 1.03. The minimum atomic E-state index is -4.78. The number of nitro groups is 1. The predicted octanol–water partition coefficient (Wildman–Crippen LogP) is 4.14. The van der Waals surface area contributed by atoms with Gasteiger partial charge in [0.1, 0.15) is 17.4 Å². The van der Waals surface area contributed by atoms with E-state index in [0.29, 0.717) is 11.3 Å². The number of halogens is 4. The Morgan fingerprint density at radius 1 is 1.34 bits per heavy atom. The monoisotopic (exact) mass is 481 g/mol. The van der Waals surface area contributed by atoms with E-state index in [2.05, 4.69) is 5.10 Å². The molecule has 0 saturated carbocycles. The van der Waals surface area contributed by atoms with E-state index in [9.17, 15) is 28.1 Å². The molecular formula is C18H19ClF3N3O7. The third-order valence-electron chi connectivity index (χ3n) is 3.88. The van der Waals surface area contributed by atoms with Gasteiger partial charge in [0.15, 0.2) is 11.8 Å². The van der Waals surface area contributed by atoms with E-state index < -0.39 is 45.5 Å². The molecule has 0 radical (unpaired) electrons. The molecule has 0 bridgehead atoms. The third-order valence-corrected chi connectivity index (χ3v) is 4.22. The summed E-state index contributed by atoms with van der Waals surface area (Å²) in [5, 5.41) is 14.1. The Labute approximate surface area is 184 Å². The molecule has 0 aliphatic carbocycles. The van der Waals surface area contributed by atoms with Crippen molar-refractivity contribution in [3.63, 3.8) is 0 Å². The highest BCUT2D eigenvalue weighted by Crippen LogP contribution is 2.41. The van der Waals surface area contributed by atoms with Crippen molar-refractivity contribution in [2.24, 2.45) is 7.05 Å². The molecule has 0 amide bonds. The smallest absolute Gasteiger partial charge is 0.434 e. The van der Waals surface area contributed by atoms with Crippen LogP contribution in [-0.4, -0.2) is 46.6 Å². The van der Waals surface area contributed by atoms with Gasteiger partial charge < -0.3 is 18.9 Å². The van der Waals surface area contributed by atoms with Crippen LogP contribution in [0, 0.1) is 10.1 Å². The molecule has 1 aromatic carbocycles. The molecule has 1 heterocycles. The number of alkyl halides is 3. The summed E-state index contributed by atoms with van der Waals surface area (Å²) < 4.78 is 60.3. The van der Waals surface area contributed by atoms with Gasteiger partial charge in [0.2, 0.25) is 5.75 Å². The van der Waals surface area contributed by atoms with Crippen LogP contribution in [0.5, 0.6) is 17.4 Å². The molecule has 176 valence electrons. The summed E-state index contributed by atoms with van der Waals surface area (Å²) in [6, 6.07) is 3.15. The van der Waals surface area contributed by atoms with Crippen molar-refractivity contribution in [2.45, 2.75) is 26.1 Å². The van der Waals surface area contributed by atoms with Gasteiger partial charge in [-0.25, -0.2) is 4.79 Å². The fraction of sp³-hybridized carbons (Fsp3) is 0.444. The Bertz CT molecular complexity index is 981. The highest BCUT2D eigenvalue weighted by Gasteiger charge is 2.39. The van der Waals surface area contributed by atoms with Crippen LogP contribution in [0.1, 0.15) is 19.5 Å². The molecule has 0 saturated heterocycles. The Morgan fingerprint density at radius 3 is 2.59 bits per heavy atom. The molecule has 32 heavy (non-hydrogen) atoms. The van der Waals surface area contributed by atoms with E-state index in [1.165, 1.54) is 6.92 Å². The quantitative estimate of drug-likeness (QED) is 0.215. The van der Waals surface area contributed by atoms with Crippen LogP contribution < -0.4 is 9.47 Å². The van der Waals surface area contributed by atoms with Crippen LogP contribution in [0.3, 0.4) is 0 Å². The van der Waals surface area contributed by atoms with Crippen molar-refractivity contribution in [1.29, 1.82) is 0 Å². The van der Waals surface area contributed by atoms with Gasteiger partial charge in [0, 0.05) is 25.8 Å². The van der Waals surface area contributed by atoms with Crippen LogP contribution in [0.15, 0.2) is 18.2 Å². The van der Waals surface area contributed by atoms with Gasteiger partial charge in [0.05, 0.1) is 11.5 Å². The first-order chi connectivity index (χ1) is 15.0. The fourth-order valence-electron chi connectivity index (χ4n) is 2.46. The normalized spacial score (nSPS) is 12.3. The molecule has 2 rings (SSSR count). The number of esters is 1. The van der Waals surface area contributed by atoms with Gasteiger partial charge in [-0.3, -0.25) is 14.8 Å². The zero-order valence-electron chi connectivity index (χ0n) is 17.1. The lowest BCUT2D eigenvalue weighted by molar-refractivity contribution is -0.386. The first-order valence-corrected chi connectivity index (χ1v) is 9.50. The molecule has 2 aromatic rings. The van der Waals surface area contributed by atoms with Crippen LogP contribution in [0.25, 0.3) is 0 Å². The van der Waals surface area contributed by atoms with Crippen molar-refractivity contribution < 1.29 is 41.8 Å². The summed E-state index contributed by atoms with van der Waals surface area (Å²) >= 11 is 5.74. The van der Waals surface area contributed by atoms with Gasteiger partial charge in [-0.15, -0.1) is 5.10 Å². The van der Waals surface area contributed by atoms with E-state index in [1.807, 2.05) is 0 Å². The second-order valence-corrected chi connectivity index (χ2v) is 6.58. The number of carbonyl (C=O) groups excluding carboxylic acids is 1. The number of benzene rings is 1. The van der Waals surface area contributed by atoms with E-state index in [4.69, 9.17) is 30.5 Å². The molecule has 1 atom stereocenters. The first-order valence-electron chi connectivity index (χ1n) is 9.12. The van der Waals surface area contributed by atoms with Gasteiger partial charge in [-0.2, -0.15) is 13.2 Å². The summed E-state index contributed by atoms with van der Waals surface area (Å²) in [5.41, 5.74) is -1.73. The molecular weight excluding hydrogens is 463 g/mol. The van der Waals surface area contributed by atoms with Gasteiger partial charge >= 0.3 is 17.8 Å². The summed E-state index contributed by atoms with van der Waals surface area (Å²) in [4.78, 5) is 22.5. The molecule has 0 N–H and O–H groups in total. The van der Waals surface area contributed by atoms with Crippen LogP contribution in [-0.2, 0) is 27.5 Å². The second-order valence-electron chi connectivity index (χ2n) is 6.20. The van der Waals surface area contributed by atoms with E-state index >= 15 is 0 Å². The van der Waals surface area contributed by atoms with Gasteiger partial charge in [-0.05, 0) is 19.9 Å².